The third kappa shape index (κ3) is 4.11. The van der Waals surface area contributed by atoms with Crippen LogP contribution in [0.3, 0.4) is 0 Å². The van der Waals surface area contributed by atoms with Crippen molar-refractivity contribution in [3.63, 3.8) is 0 Å². The van der Waals surface area contributed by atoms with E-state index >= 15 is 0 Å². The van der Waals surface area contributed by atoms with Crippen LogP contribution in [0.5, 0.6) is 0 Å². The van der Waals surface area contributed by atoms with Gasteiger partial charge in [-0.2, -0.15) is 0 Å². The number of nitrogens with zero attached hydrogens (tertiary/aromatic N) is 2. The number of halogens is 2. The van der Waals surface area contributed by atoms with Gasteiger partial charge in [-0.25, -0.2) is 4.98 Å². The van der Waals surface area contributed by atoms with E-state index in [4.69, 9.17) is 21.3 Å². The summed E-state index contributed by atoms with van der Waals surface area (Å²) in [7, 11) is 1.75. The van der Waals surface area contributed by atoms with Gasteiger partial charge in [-0.1, -0.05) is 13.8 Å². The quantitative estimate of drug-likeness (QED) is 0.485. The fraction of sp³-hybridized carbons (Fsp3) is 0.562. The predicted octanol–water partition coefficient (Wildman–Crippen LogP) is 5.00. The van der Waals surface area contributed by atoms with Crippen LogP contribution in [0.15, 0.2) is 18.2 Å². The smallest absolute Gasteiger partial charge is 0.127 e. The van der Waals surface area contributed by atoms with E-state index in [1.54, 1.807) is 7.11 Å². The molecular weight excluding hydrogens is 399 g/mol. The summed E-state index contributed by atoms with van der Waals surface area (Å²) in [5.74, 6) is 0.944. The molecule has 2 rings (SSSR count). The number of alkyl halides is 1. The lowest BCUT2D eigenvalue weighted by Crippen LogP contribution is -2.23. The van der Waals surface area contributed by atoms with Crippen LogP contribution >= 0.6 is 34.2 Å². The van der Waals surface area contributed by atoms with Gasteiger partial charge in [-0.05, 0) is 59.5 Å². The highest BCUT2D eigenvalue weighted by Crippen LogP contribution is 2.31. The van der Waals surface area contributed by atoms with Gasteiger partial charge in [0.05, 0.1) is 16.4 Å². The van der Waals surface area contributed by atoms with E-state index in [1.807, 2.05) is 6.92 Å². The molecule has 0 spiro atoms. The molecule has 116 valence electrons. The number of fused-ring (bicyclic) bond motifs is 1. The molecule has 1 aromatic heterocycles. The number of hydrogen-bond donors (Lipinski definition) is 0. The molecule has 0 fully saturated rings. The summed E-state index contributed by atoms with van der Waals surface area (Å²) in [6.07, 6.45) is 1.00. The Hall–Kier alpha value is -0.330. The van der Waals surface area contributed by atoms with Gasteiger partial charge in [0.25, 0.3) is 0 Å². The van der Waals surface area contributed by atoms with Crippen molar-refractivity contribution in [2.75, 3.05) is 13.7 Å². The molecule has 3 nitrogen and oxygen atoms in total. The molecular formula is C16H22ClIN2O. The summed E-state index contributed by atoms with van der Waals surface area (Å²) >= 11 is 8.66. The number of rotatable bonds is 6. The fourth-order valence-electron chi connectivity index (χ4n) is 2.48. The van der Waals surface area contributed by atoms with E-state index in [2.05, 4.69) is 59.2 Å². The first-order chi connectivity index (χ1) is 9.84. The molecule has 0 aliphatic carbocycles. The number of methoxy groups -OCH3 is 1. The first kappa shape index (κ1) is 17.0. The summed E-state index contributed by atoms with van der Waals surface area (Å²) in [4.78, 5) is 4.73. The van der Waals surface area contributed by atoms with Crippen molar-refractivity contribution < 1.29 is 4.74 Å². The lowest BCUT2D eigenvalue weighted by atomic mass is 9.89. The zero-order valence-electron chi connectivity index (χ0n) is 13.0. The second-order valence-electron chi connectivity index (χ2n) is 6.21. The molecule has 0 radical (unpaired) electrons. The SMILES string of the molecule is COCCC(C)(C)Cn1c(C(C)Cl)nc2cc(I)ccc21. The first-order valence-electron chi connectivity index (χ1n) is 7.13. The molecule has 0 amide bonds. The molecule has 0 saturated carbocycles. The molecule has 0 aliphatic rings. The summed E-state index contributed by atoms with van der Waals surface area (Å²) in [6.45, 7) is 8.15. The average Bonchev–Trinajstić information content (AvgIpc) is 2.74. The molecule has 5 heteroatoms. The van der Waals surface area contributed by atoms with Crippen molar-refractivity contribution >= 4 is 45.2 Å². The van der Waals surface area contributed by atoms with Crippen molar-refractivity contribution in [2.24, 2.45) is 5.41 Å². The molecule has 21 heavy (non-hydrogen) atoms. The van der Waals surface area contributed by atoms with E-state index in [0.29, 0.717) is 0 Å². The fourth-order valence-corrected chi connectivity index (χ4v) is 3.12. The molecule has 2 aromatic rings. The Morgan fingerprint density at radius 3 is 2.76 bits per heavy atom. The van der Waals surface area contributed by atoms with Gasteiger partial charge in [-0.15, -0.1) is 11.6 Å². The van der Waals surface area contributed by atoms with Crippen LogP contribution in [0.1, 0.15) is 38.4 Å². The van der Waals surface area contributed by atoms with Gasteiger partial charge in [0.15, 0.2) is 0 Å². The summed E-state index contributed by atoms with van der Waals surface area (Å²) in [5, 5.41) is -0.103. The van der Waals surface area contributed by atoms with Gasteiger partial charge in [0.2, 0.25) is 0 Å². The van der Waals surface area contributed by atoms with Crippen LogP contribution in [0.4, 0.5) is 0 Å². The van der Waals surface area contributed by atoms with Crippen molar-refractivity contribution in [3.8, 4) is 0 Å². The zero-order chi connectivity index (χ0) is 15.6. The Bertz CT molecular complexity index is 622. The molecule has 0 bridgehead atoms. The van der Waals surface area contributed by atoms with Crippen LogP contribution in [0.25, 0.3) is 11.0 Å². The number of ether oxygens (including phenoxy) is 1. The number of aromatic nitrogens is 2. The molecule has 0 aliphatic heterocycles. The van der Waals surface area contributed by atoms with Crippen LogP contribution in [-0.2, 0) is 11.3 Å². The van der Waals surface area contributed by atoms with E-state index in [9.17, 15) is 0 Å². The second kappa shape index (κ2) is 6.84. The maximum Gasteiger partial charge on any atom is 0.127 e. The van der Waals surface area contributed by atoms with E-state index < -0.39 is 0 Å². The lowest BCUT2D eigenvalue weighted by Gasteiger charge is -2.26. The minimum atomic E-state index is -0.103. The summed E-state index contributed by atoms with van der Waals surface area (Å²) < 4.78 is 8.68. The Morgan fingerprint density at radius 2 is 2.14 bits per heavy atom. The van der Waals surface area contributed by atoms with Gasteiger partial charge < -0.3 is 9.30 Å². The largest absolute Gasteiger partial charge is 0.385 e. The third-order valence-corrected chi connectivity index (χ3v) is 4.53. The van der Waals surface area contributed by atoms with Crippen LogP contribution in [0, 0.1) is 8.99 Å². The predicted molar refractivity (Wildman–Crippen MR) is 97.0 cm³/mol. The van der Waals surface area contributed by atoms with Gasteiger partial charge >= 0.3 is 0 Å². The zero-order valence-corrected chi connectivity index (χ0v) is 15.9. The highest BCUT2D eigenvalue weighted by Gasteiger charge is 2.23. The maximum absolute atomic E-state index is 6.34. The van der Waals surface area contributed by atoms with Crippen molar-refractivity contribution in [2.45, 2.75) is 39.1 Å². The molecule has 1 heterocycles. The topological polar surface area (TPSA) is 27.1 Å². The average molecular weight is 421 g/mol. The van der Waals surface area contributed by atoms with Gasteiger partial charge in [0.1, 0.15) is 5.82 Å². The molecule has 0 N–H and O–H groups in total. The minimum Gasteiger partial charge on any atom is -0.385 e. The van der Waals surface area contributed by atoms with Gasteiger partial charge in [-0.3, -0.25) is 0 Å². The Balaban J connectivity index is 2.43. The van der Waals surface area contributed by atoms with Crippen LogP contribution in [-0.4, -0.2) is 23.3 Å². The Morgan fingerprint density at radius 1 is 1.43 bits per heavy atom. The molecule has 0 saturated heterocycles. The van der Waals surface area contributed by atoms with Crippen molar-refractivity contribution in [1.82, 2.24) is 9.55 Å². The standard InChI is InChI=1S/C16H22ClIN2O/c1-11(17)15-19-13-9-12(18)5-6-14(13)20(15)10-16(2,3)7-8-21-4/h5-6,9,11H,7-8,10H2,1-4H3. The van der Waals surface area contributed by atoms with Crippen molar-refractivity contribution in [3.05, 3.63) is 27.6 Å². The number of imidazole rings is 1. The summed E-state index contributed by atoms with van der Waals surface area (Å²) in [5.41, 5.74) is 2.31. The maximum atomic E-state index is 6.34. The summed E-state index contributed by atoms with van der Waals surface area (Å²) in [6, 6.07) is 6.36. The monoisotopic (exact) mass is 420 g/mol. The normalized spacial score (nSPS) is 13.8. The second-order valence-corrected chi connectivity index (χ2v) is 8.11. The van der Waals surface area contributed by atoms with E-state index in [1.165, 1.54) is 3.57 Å². The molecule has 1 aromatic carbocycles. The first-order valence-corrected chi connectivity index (χ1v) is 8.64. The lowest BCUT2D eigenvalue weighted by molar-refractivity contribution is 0.142. The Kier molecular flexibility index (Phi) is 5.54. The van der Waals surface area contributed by atoms with Crippen molar-refractivity contribution in [1.29, 1.82) is 0 Å². The van der Waals surface area contributed by atoms with Gasteiger partial charge in [0, 0.05) is 23.8 Å². The van der Waals surface area contributed by atoms with E-state index in [-0.39, 0.29) is 10.8 Å². The van der Waals surface area contributed by atoms with Crippen LogP contribution < -0.4 is 0 Å². The third-order valence-electron chi connectivity index (χ3n) is 3.66. The minimum absolute atomic E-state index is 0.103. The molecule has 1 atom stereocenters. The highest BCUT2D eigenvalue weighted by atomic mass is 127. The Labute approximate surface area is 145 Å². The number of hydrogen-bond acceptors (Lipinski definition) is 2. The van der Waals surface area contributed by atoms with E-state index in [0.717, 1.165) is 36.4 Å². The number of benzene rings is 1. The molecule has 1 unspecified atom stereocenters. The van der Waals surface area contributed by atoms with Crippen LogP contribution in [0.2, 0.25) is 0 Å². The highest BCUT2D eigenvalue weighted by molar-refractivity contribution is 14.1.